The van der Waals surface area contributed by atoms with E-state index in [4.69, 9.17) is 23.8 Å². The molecule has 5 heteroatoms. The Morgan fingerprint density at radius 1 is 0.462 bits per heavy atom. The molecule has 3 aromatic heterocycles. The molecule has 52 heavy (non-hydrogen) atoms. The van der Waals surface area contributed by atoms with E-state index >= 15 is 0 Å². The molecule has 0 N–H and O–H groups in total. The van der Waals surface area contributed by atoms with Crippen molar-refractivity contribution in [3.05, 3.63) is 157 Å². The summed E-state index contributed by atoms with van der Waals surface area (Å²) in [6.07, 6.45) is 6.55. The van der Waals surface area contributed by atoms with Crippen molar-refractivity contribution < 1.29 is 8.83 Å². The van der Waals surface area contributed by atoms with E-state index in [1.165, 1.54) is 21.9 Å². The van der Waals surface area contributed by atoms with Crippen molar-refractivity contribution in [2.24, 2.45) is 0 Å². The van der Waals surface area contributed by atoms with Crippen LogP contribution < -0.4 is 0 Å². The molecule has 0 atom stereocenters. The zero-order chi connectivity index (χ0) is 34.2. The van der Waals surface area contributed by atoms with Gasteiger partial charge in [-0.1, -0.05) is 121 Å². The van der Waals surface area contributed by atoms with Crippen LogP contribution in [-0.2, 0) is 6.42 Å². The van der Waals surface area contributed by atoms with E-state index in [-0.39, 0.29) is 0 Å². The monoisotopic (exact) mass is 667 g/mol. The van der Waals surface area contributed by atoms with E-state index < -0.39 is 0 Å². The number of allylic oxidation sites excluding steroid dienone is 1. The van der Waals surface area contributed by atoms with Gasteiger partial charge in [-0.05, 0) is 65.1 Å². The number of aromatic nitrogens is 3. The minimum absolute atomic E-state index is 0.590. The predicted octanol–water partition coefficient (Wildman–Crippen LogP) is 12.5. The third-order valence-electron chi connectivity index (χ3n) is 10.4. The van der Waals surface area contributed by atoms with Crippen molar-refractivity contribution in [3.8, 4) is 45.3 Å². The molecule has 0 aliphatic heterocycles. The molecule has 10 aromatic rings. The van der Waals surface area contributed by atoms with E-state index in [0.29, 0.717) is 17.5 Å². The third kappa shape index (κ3) is 4.46. The van der Waals surface area contributed by atoms with Crippen molar-refractivity contribution in [2.45, 2.75) is 12.8 Å². The Hall–Kier alpha value is -6.85. The second kappa shape index (κ2) is 11.3. The lowest BCUT2D eigenvalue weighted by Gasteiger charge is -2.15. The average Bonchev–Trinajstić information content (AvgIpc) is 3.80. The normalized spacial score (nSPS) is 12.8. The molecule has 1 aliphatic carbocycles. The van der Waals surface area contributed by atoms with Crippen LogP contribution in [0.15, 0.2) is 154 Å². The number of fused-ring (bicyclic) bond motifs is 9. The van der Waals surface area contributed by atoms with Crippen LogP contribution in [0.5, 0.6) is 0 Å². The number of benzene rings is 7. The van der Waals surface area contributed by atoms with Crippen LogP contribution in [0, 0.1) is 0 Å². The maximum Gasteiger partial charge on any atom is 0.164 e. The molecule has 0 amide bonds. The molecule has 0 saturated heterocycles. The summed E-state index contributed by atoms with van der Waals surface area (Å²) in [6, 6.07) is 48.0. The molecule has 0 bridgehead atoms. The summed E-state index contributed by atoms with van der Waals surface area (Å²) in [6.45, 7) is 0. The molecule has 0 spiro atoms. The van der Waals surface area contributed by atoms with E-state index in [9.17, 15) is 0 Å². The highest BCUT2D eigenvalue weighted by atomic mass is 16.3. The lowest BCUT2D eigenvalue weighted by atomic mass is 9.91. The van der Waals surface area contributed by atoms with Gasteiger partial charge in [-0.2, -0.15) is 0 Å². The fourth-order valence-electron chi connectivity index (χ4n) is 7.94. The van der Waals surface area contributed by atoms with Gasteiger partial charge in [0.1, 0.15) is 22.3 Å². The summed E-state index contributed by atoms with van der Waals surface area (Å²) < 4.78 is 13.2. The molecule has 0 unspecified atom stereocenters. The van der Waals surface area contributed by atoms with Gasteiger partial charge in [-0.15, -0.1) is 0 Å². The van der Waals surface area contributed by atoms with Crippen LogP contribution in [0.25, 0.3) is 106 Å². The molecule has 11 rings (SSSR count). The Bertz CT molecular complexity index is 3080. The molecule has 244 valence electrons. The summed E-state index contributed by atoms with van der Waals surface area (Å²) >= 11 is 0. The SMILES string of the molecule is C1=Cc2ccc3ccc(-c4nc(-c5ccccc5)nc(-c5ccc(-c6cccc7c6oc6ccccc67)c6oc7ccccc7c56)n4)cc3c2CC1. The number of hydrogen-bond acceptors (Lipinski definition) is 5. The van der Waals surface area contributed by atoms with Crippen molar-refractivity contribution in [1.82, 2.24) is 15.0 Å². The van der Waals surface area contributed by atoms with E-state index in [0.717, 1.165) is 84.5 Å². The van der Waals surface area contributed by atoms with Gasteiger partial charge in [0, 0.05) is 49.4 Å². The van der Waals surface area contributed by atoms with Gasteiger partial charge in [0.25, 0.3) is 0 Å². The molecular formula is C47H29N3O2. The molecule has 0 fully saturated rings. The van der Waals surface area contributed by atoms with Gasteiger partial charge < -0.3 is 8.83 Å². The summed E-state index contributed by atoms with van der Waals surface area (Å²) in [5.74, 6) is 1.84. The molecular weight excluding hydrogens is 639 g/mol. The smallest absolute Gasteiger partial charge is 0.164 e. The van der Waals surface area contributed by atoms with Gasteiger partial charge in [-0.25, -0.2) is 15.0 Å². The quantitative estimate of drug-likeness (QED) is 0.187. The molecule has 1 aliphatic rings. The van der Waals surface area contributed by atoms with Gasteiger partial charge in [0.05, 0.1) is 0 Å². The van der Waals surface area contributed by atoms with Crippen LogP contribution in [0.3, 0.4) is 0 Å². The zero-order valence-corrected chi connectivity index (χ0v) is 28.0. The molecule has 3 heterocycles. The minimum atomic E-state index is 0.590. The van der Waals surface area contributed by atoms with Gasteiger partial charge in [0.2, 0.25) is 0 Å². The fraction of sp³-hybridized carbons (Fsp3) is 0.0426. The lowest BCUT2D eigenvalue weighted by Crippen LogP contribution is -2.01. The third-order valence-corrected chi connectivity index (χ3v) is 10.4. The average molecular weight is 668 g/mol. The Labute approximate surface area is 298 Å². The first-order valence-electron chi connectivity index (χ1n) is 17.7. The van der Waals surface area contributed by atoms with Crippen molar-refractivity contribution in [3.63, 3.8) is 0 Å². The number of aryl methyl sites for hydroxylation is 1. The zero-order valence-electron chi connectivity index (χ0n) is 28.0. The summed E-state index contributed by atoms with van der Waals surface area (Å²) in [5, 5.41) is 6.58. The Balaban J connectivity index is 1.17. The van der Waals surface area contributed by atoms with Gasteiger partial charge in [0.15, 0.2) is 17.5 Å². The number of para-hydroxylation sites is 3. The van der Waals surface area contributed by atoms with Crippen molar-refractivity contribution in [1.29, 1.82) is 0 Å². The Morgan fingerprint density at radius 2 is 1.13 bits per heavy atom. The minimum Gasteiger partial charge on any atom is -0.455 e. The largest absolute Gasteiger partial charge is 0.455 e. The highest BCUT2D eigenvalue weighted by molar-refractivity contribution is 6.18. The molecule has 5 nitrogen and oxygen atoms in total. The summed E-state index contributed by atoms with van der Waals surface area (Å²) in [4.78, 5) is 15.5. The molecule has 0 saturated carbocycles. The van der Waals surface area contributed by atoms with Crippen LogP contribution in [0.1, 0.15) is 17.5 Å². The number of rotatable bonds is 4. The van der Waals surface area contributed by atoms with Crippen LogP contribution >= 0.6 is 0 Å². The predicted molar refractivity (Wildman–Crippen MR) is 211 cm³/mol. The highest BCUT2D eigenvalue weighted by Crippen LogP contribution is 2.44. The van der Waals surface area contributed by atoms with Crippen LogP contribution in [-0.4, -0.2) is 15.0 Å². The van der Waals surface area contributed by atoms with Crippen LogP contribution in [0.2, 0.25) is 0 Å². The fourth-order valence-corrected chi connectivity index (χ4v) is 7.94. The van der Waals surface area contributed by atoms with Gasteiger partial charge >= 0.3 is 0 Å². The van der Waals surface area contributed by atoms with E-state index in [1.54, 1.807) is 0 Å². The second-order valence-electron chi connectivity index (χ2n) is 13.4. The lowest BCUT2D eigenvalue weighted by molar-refractivity contribution is 0.665. The topological polar surface area (TPSA) is 65.0 Å². The first-order valence-corrected chi connectivity index (χ1v) is 17.7. The molecule has 0 radical (unpaired) electrons. The molecule has 7 aromatic carbocycles. The second-order valence-corrected chi connectivity index (χ2v) is 13.4. The Morgan fingerprint density at radius 3 is 2.02 bits per heavy atom. The highest BCUT2D eigenvalue weighted by Gasteiger charge is 2.23. The van der Waals surface area contributed by atoms with Crippen molar-refractivity contribution in [2.75, 3.05) is 0 Å². The standard InChI is InChI=1S/C47H29N3O2/c1-2-12-30(13-3-1)45-48-46(31-24-23-29-22-21-28-11-4-5-14-32(28)39(29)27-31)50-47(49-45)38-26-25-36(44-42(38)37-16-7-9-20-41(37)52-44)35-18-10-17-34-33-15-6-8-19-40(33)51-43(34)35/h1-4,6-13,15-27H,5,14H2. The number of hydrogen-bond donors (Lipinski definition) is 0. The number of nitrogens with zero attached hydrogens (tertiary/aromatic N) is 3. The summed E-state index contributed by atoms with van der Waals surface area (Å²) in [5.41, 5.74) is 10.6. The first-order chi connectivity index (χ1) is 25.8. The maximum atomic E-state index is 6.74. The summed E-state index contributed by atoms with van der Waals surface area (Å²) in [7, 11) is 0. The van der Waals surface area contributed by atoms with Gasteiger partial charge in [-0.3, -0.25) is 0 Å². The first kappa shape index (κ1) is 28.9. The van der Waals surface area contributed by atoms with Crippen LogP contribution in [0.4, 0.5) is 0 Å². The maximum absolute atomic E-state index is 6.74. The van der Waals surface area contributed by atoms with Crippen molar-refractivity contribution >= 4 is 60.7 Å². The van der Waals surface area contributed by atoms with E-state index in [2.05, 4.69) is 84.9 Å². The number of furan rings is 2. The Kier molecular flexibility index (Phi) is 6.31. The van der Waals surface area contributed by atoms with E-state index in [1.807, 2.05) is 66.7 Å².